The zero-order valence-electron chi connectivity index (χ0n) is 14.2. The van der Waals surface area contributed by atoms with E-state index in [2.05, 4.69) is 39.6 Å². The molecule has 0 unspecified atom stereocenters. The lowest BCUT2D eigenvalue weighted by molar-refractivity contribution is 0.0928. The second kappa shape index (κ2) is 8.11. The maximum absolute atomic E-state index is 12.2. The van der Waals surface area contributed by atoms with E-state index >= 15 is 0 Å². The first kappa shape index (κ1) is 16.7. The summed E-state index contributed by atoms with van der Waals surface area (Å²) in [7, 11) is 2.05. The summed E-state index contributed by atoms with van der Waals surface area (Å²) in [5, 5.41) is 6.95. The number of carbonyl (C=O) groups excluding carboxylic acids is 1. The van der Waals surface area contributed by atoms with E-state index in [1.165, 1.54) is 18.4 Å². The Hall–Kier alpha value is -2.14. The van der Waals surface area contributed by atoms with Crippen molar-refractivity contribution in [3.8, 4) is 0 Å². The number of amides is 1. The van der Waals surface area contributed by atoms with Crippen LogP contribution in [0.4, 0.5) is 0 Å². The number of aromatic nitrogens is 1. The van der Waals surface area contributed by atoms with Crippen molar-refractivity contribution >= 4 is 5.91 Å². The monoisotopic (exact) mass is 327 g/mol. The largest absolute Gasteiger partial charge is 0.359 e. The number of carbonyl (C=O) groups is 1. The molecule has 1 N–H and O–H groups in total. The van der Waals surface area contributed by atoms with Crippen molar-refractivity contribution in [1.82, 2.24) is 15.4 Å². The average molecular weight is 327 g/mol. The summed E-state index contributed by atoms with van der Waals surface area (Å²) in [5.41, 5.74) is 1.70. The molecule has 128 valence electrons. The highest BCUT2D eigenvalue weighted by molar-refractivity contribution is 5.92. The molecule has 0 radical (unpaired) electrons. The van der Waals surface area contributed by atoms with Crippen molar-refractivity contribution in [2.75, 3.05) is 13.6 Å². The van der Waals surface area contributed by atoms with E-state index in [4.69, 9.17) is 4.52 Å². The number of rotatable bonds is 7. The Morgan fingerprint density at radius 1 is 1.29 bits per heavy atom. The predicted molar refractivity (Wildman–Crippen MR) is 92.7 cm³/mol. The lowest BCUT2D eigenvalue weighted by atomic mass is 10.1. The molecule has 5 heteroatoms. The van der Waals surface area contributed by atoms with Crippen LogP contribution in [-0.2, 0) is 13.0 Å². The molecule has 5 nitrogen and oxygen atoms in total. The average Bonchev–Trinajstić information content (AvgIpc) is 3.26. The van der Waals surface area contributed by atoms with E-state index in [0.29, 0.717) is 18.3 Å². The summed E-state index contributed by atoms with van der Waals surface area (Å²) >= 11 is 0. The van der Waals surface area contributed by atoms with Crippen molar-refractivity contribution in [1.29, 1.82) is 0 Å². The molecular formula is C19H25N3O2. The van der Waals surface area contributed by atoms with Crippen molar-refractivity contribution in [3.63, 3.8) is 0 Å². The molecule has 0 saturated heterocycles. The SMILES string of the molecule is CN(CCc1ccccc1)Cc1cc(C(=O)NC2CCCC2)no1. The van der Waals surface area contributed by atoms with Gasteiger partial charge in [0.05, 0.1) is 6.54 Å². The Morgan fingerprint density at radius 3 is 2.79 bits per heavy atom. The third-order valence-electron chi connectivity index (χ3n) is 4.53. The quantitative estimate of drug-likeness (QED) is 0.849. The molecule has 1 heterocycles. The van der Waals surface area contributed by atoms with E-state index in [0.717, 1.165) is 31.6 Å². The Morgan fingerprint density at radius 2 is 2.04 bits per heavy atom. The molecule has 1 aromatic heterocycles. The first-order valence-corrected chi connectivity index (χ1v) is 8.69. The summed E-state index contributed by atoms with van der Waals surface area (Å²) in [6.07, 6.45) is 5.51. The van der Waals surface area contributed by atoms with Crippen molar-refractivity contribution in [2.24, 2.45) is 0 Å². The molecule has 1 aliphatic carbocycles. The normalized spacial score (nSPS) is 15.1. The molecular weight excluding hydrogens is 302 g/mol. The van der Waals surface area contributed by atoms with Crippen molar-refractivity contribution in [2.45, 2.75) is 44.7 Å². The summed E-state index contributed by atoms with van der Waals surface area (Å²) in [4.78, 5) is 14.3. The van der Waals surface area contributed by atoms with Gasteiger partial charge in [0.15, 0.2) is 11.5 Å². The minimum Gasteiger partial charge on any atom is -0.359 e. The molecule has 1 saturated carbocycles. The van der Waals surface area contributed by atoms with Gasteiger partial charge >= 0.3 is 0 Å². The van der Waals surface area contributed by atoms with Crippen LogP contribution >= 0.6 is 0 Å². The van der Waals surface area contributed by atoms with Crippen LogP contribution in [0.3, 0.4) is 0 Å². The van der Waals surface area contributed by atoms with E-state index in [1.807, 2.05) is 13.1 Å². The Bertz CT molecular complexity index is 648. The summed E-state index contributed by atoms with van der Waals surface area (Å²) < 4.78 is 5.32. The smallest absolute Gasteiger partial charge is 0.273 e. The van der Waals surface area contributed by atoms with Crippen molar-refractivity contribution in [3.05, 3.63) is 53.4 Å². The van der Waals surface area contributed by atoms with Crippen LogP contribution in [0, 0.1) is 0 Å². The fraction of sp³-hybridized carbons (Fsp3) is 0.474. The van der Waals surface area contributed by atoms with Gasteiger partial charge in [-0.25, -0.2) is 0 Å². The molecule has 0 spiro atoms. The number of likely N-dealkylation sites (N-methyl/N-ethyl adjacent to an activating group) is 1. The fourth-order valence-corrected chi connectivity index (χ4v) is 3.13. The molecule has 1 aromatic carbocycles. The van der Waals surface area contributed by atoms with Crippen LogP contribution in [-0.4, -0.2) is 35.6 Å². The third kappa shape index (κ3) is 4.68. The van der Waals surface area contributed by atoms with Gasteiger partial charge in [0.25, 0.3) is 5.91 Å². The van der Waals surface area contributed by atoms with Crippen LogP contribution < -0.4 is 5.32 Å². The number of nitrogens with one attached hydrogen (secondary N) is 1. The van der Waals surface area contributed by atoms with Gasteiger partial charge in [0.1, 0.15) is 0 Å². The first-order valence-electron chi connectivity index (χ1n) is 8.69. The molecule has 1 fully saturated rings. The zero-order chi connectivity index (χ0) is 16.8. The van der Waals surface area contributed by atoms with Gasteiger partial charge in [0, 0.05) is 18.7 Å². The van der Waals surface area contributed by atoms with E-state index in [-0.39, 0.29) is 5.91 Å². The molecule has 0 aliphatic heterocycles. The van der Waals surface area contributed by atoms with E-state index in [1.54, 1.807) is 6.07 Å². The van der Waals surface area contributed by atoms with Crippen LogP contribution in [0.1, 0.15) is 47.5 Å². The Balaban J connectivity index is 1.47. The van der Waals surface area contributed by atoms with Gasteiger partial charge in [-0.05, 0) is 31.9 Å². The van der Waals surface area contributed by atoms with E-state index in [9.17, 15) is 4.79 Å². The van der Waals surface area contributed by atoms with Gasteiger partial charge in [-0.3, -0.25) is 9.69 Å². The zero-order valence-corrected chi connectivity index (χ0v) is 14.2. The fourth-order valence-electron chi connectivity index (χ4n) is 3.13. The van der Waals surface area contributed by atoms with Gasteiger partial charge in [-0.1, -0.05) is 48.3 Å². The minimum atomic E-state index is -0.121. The number of hydrogen-bond donors (Lipinski definition) is 1. The highest BCUT2D eigenvalue weighted by Gasteiger charge is 2.20. The predicted octanol–water partition coefficient (Wildman–Crippen LogP) is 3.02. The molecule has 0 atom stereocenters. The van der Waals surface area contributed by atoms with Crippen LogP contribution in [0.25, 0.3) is 0 Å². The van der Waals surface area contributed by atoms with E-state index < -0.39 is 0 Å². The number of hydrogen-bond acceptors (Lipinski definition) is 4. The molecule has 24 heavy (non-hydrogen) atoms. The first-order chi connectivity index (χ1) is 11.7. The number of nitrogens with zero attached hydrogens (tertiary/aromatic N) is 2. The highest BCUT2D eigenvalue weighted by atomic mass is 16.5. The van der Waals surface area contributed by atoms with Crippen LogP contribution in [0.5, 0.6) is 0 Å². The second-order valence-electron chi connectivity index (χ2n) is 6.61. The molecule has 3 rings (SSSR count). The maximum Gasteiger partial charge on any atom is 0.273 e. The lowest BCUT2D eigenvalue weighted by Crippen LogP contribution is -2.32. The summed E-state index contributed by atoms with van der Waals surface area (Å²) in [6.45, 7) is 1.57. The number of benzene rings is 1. The highest BCUT2D eigenvalue weighted by Crippen LogP contribution is 2.18. The lowest BCUT2D eigenvalue weighted by Gasteiger charge is -2.14. The Kier molecular flexibility index (Phi) is 5.64. The topological polar surface area (TPSA) is 58.4 Å². The molecule has 1 aliphatic rings. The van der Waals surface area contributed by atoms with Gasteiger partial charge in [-0.2, -0.15) is 0 Å². The molecule has 2 aromatic rings. The van der Waals surface area contributed by atoms with Crippen LogP contribution in [0.15, 0.2) is 40.9 Å². The van der Waals surface area contributed by atoms with Crippen molar-refractivity contribution < 1.29 is 9.32 Å². The standard InChI is InChI=1S/C19H25N3O2/c1-22(12-11-15-7-3-2-4-8-15)14-17-13-18(21-24-17)19(23)20-16-9-5-6-10-16/h2-4,7-8,13,16H,5-6,9-12,14H2,1H3,(H,20,23). The van der Waals surface area contributed by atoms with Gasteiger partial charge in [0.2, 0.25) is 0 Å². The maximum atomic E-state index is 12.2. The molecule has 0 bridgehead atoms. The van der Waals surface area contributed by atoms with Crippen LogP contribution in [0.2, 0.25) is 0 Å². The van der Waals surface area contributed by atoms with Gasteiger partial charge < -0.3 is 9.84 Å². The second-order valence-corrected chi connectivity index (χ2v) is 6.61. The summed E-state index contributed by atoms with van der Waals surface area (Å²) in [6, 6.07) is 12.5. The molecule has 1 amide bonds. The minimum absolute atomic E-state index is 0.121. The Labute approximate surface area is 143 Å². The summed E-state index contributed by atoms with van der Waals surface area (Å²) in [5.74, 6) is 0.603. The van der Waals surface area contributed by atoms with Gasteiger partial charge in [-0.15, -0.1) is 0 Å². The third-order valence-corrected chi connectivity index (χ3v) is 4.53.